The van der Waals surface area contributed by atoms with E-state index in [1.807, 2.05) is 29.2 Å². The summed E-state index contributed by atoms with van der Waals surface area (Å²) in [6.07, 6.45) is 6.58. The van der Waals surface area contributed by atoms with Crippen molar-refractivity contribution in [3.05, 3.63) is 35.4 Å². The first-order valence-electron chi connectivity index (χ1n) is 11.0. The van der Waals surface area contributed by atoms with E-state index >= 15 is 0 Å². The lowest BCUT2D eigenvalue weighted by Crippen LogP contribution is -2.56. The van der Waals surface area contributed by atoms with Crippen LogP contribution >= 0.6 is 0 Å². The molecular weight excluding hydrogens is 366 g/mol. The van der Waals surface area contributed by atoms with Gasteiger partial charge in [0.05, 0.1) is 0 Å². The van der Waals surface area contributed by atoms with Gasteiger partial charge < -0.3 is 14.7 Å². The molecule has 2 heterocycles. The molecular formula is C23H31N3O3. The van der Waals surface area contributed by atoms with Gasteiger partial charge in [0.15, 0.2) is 0 Å². The van der Waals surface area contributed by atoms with Crippen LogP contribution in [0.1, 0.15) is 61.4 Å². The van der Waals surface area contributed by atoms with Gasteiger partial charge in [0, 0.05) is 44.3 Å². The number of likely N-dealkylation sites (tertiary alicyclic amines) is 1. The second-order valence-electron chi connectivity index (χ2n) is 8.86. The predicted octanol–water partition coefficient (Wildman–Crippen LogP) is 2.67. The summed E-state index contributed by atoms with van der Waals surface area (Å²) < 4.78 is 0. The second-order valence-corrected chi connectivity index (χ2v) is 8.86. The molecule has 0 aromatic heterocycles. The summed E-state index contributed by atoms with van der Waals surface area (Å²) in [5, 5.41) is 0. The molecule has 1 saturated carbocycles. The number of rotatable bonds is 4. The van der Waals surface area contributed by atoms with Crippen molar-refractivity contribution in [3.63, 3.8) is 0 Å². The first kappa shape index (κ1) is 19.9. The Bertz CT molecular complexity index is 770. The first-order valence-corrected chi connectivity index (χ1v) is 11.0. The van der Waals surface area contributed by atoms with Gasteiger partial charge in [0.2, 0.25) is 0 Å². The fourth-order valence-corrected chi connectivity index (χ4v) is 4.93. The number of hydrogen-bond donors (Lipinski definition) is 0. The van der Waals surface area contributed by atoms with Crippen LogP contribution in [-0.4, -0.2) is 64.6 Å². The fourth-order valence-electron chi connectivity index (χ4n) is 4.93. The van der Waals surface area contributed by atoms with E-state index in [2.05, 4.69) is 6.92 Å². The Hall–Kier alpha value is -2.37. The van der Waals surface area contributed by atoms with E-state index < -0.39 is 5.91 Å². The number of piperazine rings is 1. The van der Waals surface area contributed by atoms with Crippen LogP contribution < -0.4 is 0 Å². The van der Waals surface area contributed by atoms with E-state index in [1.54, 1.807) is 9.80 Å². The lowest BCUT2D eigenvalue weighted by atomic mass is 9.99. The predicted molar refractivity (Wildman–Crippen MR) is 110 cm³/mol. The Balaban J connectivity index is 1.36. The van der Waals surface area contributed by atoms with E-state index in [4.69, 9.17) is 0 Å². The summed E-state index contributed by atoms with van der Waals surface area (Å²) >= 11 is 0. The molecule has 2 aliphatic heterocycles. The molecule has 0 spiro atoms. The minimum atomic E-state index is -0.398. The molecule has 0 radical (unpaired) electrons. The van der Waals surface area contributed by atoms with Crippen LogP contribution in [0.15, 0.2) is 24.3 Å². The van der Waals surface area contributed by atoms with Crippen LogP contribution in [0.2, 0.25) is 0 Å². The van der Waals surface area contributed by atoms with Crippen LogP contribution in [-0.2, 0) is 16.1 Å². The quantitative estimate of drug-likeness (QED) is 0.734. The van der Waals surface area contributed by atoms with Crippen molar-refractivity contribution in [1.29, 1.82) is 0 Å². The van der Waals surface area contributed by atoms with Gasteiger partial charge in [0.25, 0.3) is 5.91 Å². The van der Waals surface area contributed by atoms with Gasteiger partial charge in [-0.25, -0.2) is 0 Å². The second kappa shape index (κ2) is 8.56. The lowest BCUT2D eigenvalue weighted by molar-refractivity contribution is -0.158. The number of amides is 3. The molecule has 29 heavy (non-hydrogen) atoms. The molecule has 0 bridgehead atoms. The number of carbonyl (C=O) groups excluding carboxylic acids is 3. The molecule has 0 N–H and O–H groups in total. The Morgan fingerprint density at radius 1 is 0.931 bits per heavy atom. The topological polar surface area (TPSA) is 60.9 Å². The highest BCUT2D eigenvalue weighted by Gasteiger charge is 2.37. The highest BCUT2D eigenvalue weighted by atomic mass is 16.2. The van der Waals surface area contributed by atoms with Crippen LogP contribution in [0, 0.1) is 5.92 Å². The van der Waals surface area contributed by atoms with Crippen molar-refractivity contribution >= 4 is 17.7 Å². The monoisotopic (exact) mass is 397 g/mol. The smallest absolute Gasteiger partial charge is 0.312 e. The van der Waals surface area contributed by atoms with Crippen molar-refractivity contribution in [2.45, 2.75) is 58.0 Å². The number of nitrogens with zero attached hydrogens (tertiary/aromatic N) is 3. The maximum absolute atomic E-state index is 12.7. The third-order valence-electron chi connectivity index (χ3n) is 6.63. The van der Waals surface area contributed by atoms with Gasteiger partial charge in [-0.3, -0.25) is 14.4 Å². The van der Waals surface area contributed by atoms with E-state index in [0.29, 0.717) is 31.1 Å². The highest BCUT2D eigenvalue weighted by molar-refractivity contribution is 6.35. The molecule has 2 saturated heterocycles. The summed E-state index contributed by atoms with van der Waals surface area (Å²) in [5.41, 5.74) is 1.64. The highest BCUT2D eigenvalue weighted by Crippen LogP contribution is 2.25. The van der Waals surface area contributed by atoms with Crippen molar-refractivity contribution in [2.75, 3.05) is 26.2 Å². The molecule has 1 aliphatic carbocycles. The van der Waals surface area contributed by atoms with Gasteiger partial charge in [-0.2, -0.15) is 0 Å². The lowest BCUT2D eigenvalue weighted by Gasteiger charge is -2.37. The molecule has 1 aromatic carbocycles. The molecule has 1 atom stereocenters. The number of carbonyl (C=O) groups is 3. The maximum Gasteiger partial charge on any atom is 0.312 e. The van der Waals surface area contributed by atoms with Crippen molar-refractivity contribution in [3.8, 4) is 0 Å². The zero-order chi connectivity index (χ0) is 20.4. The minimum Gasteiger partial charge on any atom is -0.338 e. The summed E-state index contributed by atoms with van der Waals surface area (Å²) in [7, 11) is 0. The standard InChI is InChI=1S/C23H31N3O3/c1-17-5-4-12-24(15-17)21(27)19-10-8-18(9-11-19)16-25-13-14-26(23(29)22(25)28)20-6-2-3-7-20/h8-11,17,20H,2-7,12-16H2,1H3/t17-/m1/s1. The SMILES string of the molecule is C[C@@H]1CCCN(C(=O)c2ccc(CN3CCN(C4CCCC4)C(=O)C3=O)cc2)C1. The van der Waals surface area contributed by atoms with E-state index in [1.165, 1.54) is 6.42 Å². The zero-order valence-electron chi connectivity index (χ0n) is 17.3. The molecule has 1 aromatic rings. The minimum absolute atomic E-state index is 0.0829. The first-order chi connectivity index (χ1) is 14.0. The van der Waals surface area contributed by atoms with Crippen molar-refractivity contribution in [1.82, 2.24) is 14.7 Å². The van der Waals surface area contributed by atoms with Crippen molar-refractivity contribution < 1.29 is 14.4 Å². The van der Waals surface area contributed by atoms with Crippen LogP contribution in [0.3, 0.4) is 0 Å². The Morgan fingerprint density at radius 3 is 2.34 bits per heavy atom. The van der Waals surface area contributed by atoms with Gasteiger partial charge in [-0.15, -0.1) is 0 Å². The van der Waals surface area contributed by atoms with Gasteiger partial charge in [-0.1, -0.05) is 31.9 Å². The molecule has 6 heteroatoms. The van der Waals surface area contributed by atoms with Gasteiger partial charge in [-0.05, 0) is 49.3 Å². The van der Waals surface area contributed by atoms with Crippen LogP contribution in [0.5, 0.6) is 0 Å². The third-order valence-corrected chi connectivity index (χ3v) is 6.63. The third kappa shape index (κ3) is 4.31. The largest absolute Gasteiger partial charge is 0.338 e. The van der Waals surface area contributed by atoms with E-state index in [-0.39, 0.29) is 17.9 Å². The van der Waals surface area contributed by atoms with E-state index in [9.17, 15) is 14.4 Å². The number of benzene rings is 1. The average Bonchev–Trinajstić information content (AvgIpc) is 3.26. The molecule has 3 fully saturated rings. The summed E-state index contributed by atoms with van der Waals surface area (Å²) in [6.45, 7) is 5.45. The Labute approximate surface area is 172 Å². The molecule has 156 valence electrons. The summed E-state index contributed by atoms with van der Waals surface area (Å²) in [6, 6.07) is 7.75. The number of hydrogen-bond acceptors (Lipinski definition) is 3. The Kier molecular flexibility index (Phi) is 5.88. The summed E-state index contributed by atoms with van der Waals surface area (Å²) in [5.74, 6) is -0.113. The fraction of sp³-hybridized carbons (Fsp3) is 0.609. The molecule has 4 rings (SSSR count). The Morgan fingerprint density at radius 2 is 1.66 bits per heavy atom. The number of piperidine rings is 1. The zero-order valence-corrected chi connectivity index (χ0v) is 17.3. The van der Waals surface area contributed by atoms with Crippen molar-refractivity contribution in [2.24, 2.45) is 5.92 Å². The molecule has 0 unspecified atom stereocenters. The molecule has 6 nitrogen and oxygen atoms in total. The maximum atomic E-state index is 12.7. The molecule has 3 amide bonds. The summed E-state index contributed by atoms with van der Waals surface area (Å²) in [4.78, 5) is 43.2. The van der Waals surface area contributed by atoms with Crippen LogP contribution in [0.4, 0.5) is 0 Å². The van der Waals surface area contributed by atoms with E-state index in [0.717, 1.165) is 50.8 Å². The van der Waals surface area contributed by atoms with Crippen LogP contribution in [0.25, 0.3) is 0 Å². The van der Waals surface area contributed by atoms with Gasteiger partial charge in [0.1, 0.15) is 0 Å². The molecule has 3 aliphatic rings. The van der Waals surface area contributed by atoms with Gasteiger partial charge >= 0.3 is 11.8 Å². The normalized spacial score (nSPS) is 23.8. The average molecular weight is 398 g/mol.